The lowest BCUT2D eigenvalue weighted by atomic mass is 10.2. The highest BCUT2D eigenvalue weighted by atomic mass is 35.5. The number of hydrogen-bond donors (Lipinski definition) is 0. The van der Waals surface area contributed by atoms with Crippen LogP contribution in [0, 0.1) is 0 Å². The van der Waals surface area contributed by atoms with Crippen molar-refractivity contribution >= 4 is 23.7 Å². The average Bonchev–Trinajstić information content (AvgIpc) is 3.17. The molecule has 2 aliphatic heterocycles. The summed E-state index contributed by atoms with van der Waals surface area (Å²) in [7, 11) is 0. The molecule has 0 saturated carbocycles. The van der Waals surface area contributed by atoms with Gasteiger partial charge in [-0.15, -0.1) is 23.7 Å². The van der Waals surface area contributed by atoms with E-state index in [1.54, 1.807) is 11.3 Å². The number of rotatable bonds is 2. The monoisotopic (exact) mass is 389 g/mol. The van der Waals surface area contributed by atoms with Crippen LogP contribution in [0.3, 0.4) is 0 Å². The lowest BCUT2D eigenvalue weighted by Gasteiger charge is -2.26. The van der Waals surface area contributed by atoms with Gasteiger partial charge in [0.15, 0.2) is 35.2 Å². The molecule has 134 valence electrons. The van der Waals surface area contributed by atoms with Crippen LogP contribution in [0.1, 0.15) is 22.9 Å². The van der Waals surface area contributed by atoms with E-state index in [1.807, 2.05) is 53.9 Å². The van der Waals surface area contributed by atoms with Gasteiger partial charge in [0, 0.05) is 5.38 Å². The first-order chi connectivity index (χ1) is 12.4. The number of hydrogen-bond acceptors (Lipinski definition) is 6. The lowest BCUT2D eigenvalue weighted by Crippen LogP contribution is -2.23. The minimum absolute atomic E-state index is 0. The third-order valence-corrected chi connectivity index (χ3v) is 5.12. The summed E-state index contributed by atoms with van der Waals surface area (Å²) in [6.07, 6.45) is -0.415. The number of benzene rings is 2. The highest BCUT2D eigenvalue weighted by Gasteiger charge is 2.28. The number of fused-ring (bicyclic) bond motifs is 2. The fourth-order valence-electron chi connectivity index (χ4n) is 2.90. The second-order valence-corrected chi connectivity index (χ2v) is 6.73. The van der Waals surface area contributed by atoms with E-state index in [0.717, 1.165) is 33.7 Å². The van der Waals surface area contributed by atoms with E-state index < -0.39 is 0 Å². The minimum atomic E-state index is -0.211. The molecule has 3 aromatic rings. The van der Waals surface area contributed by atoms with Gasteiger partial charge in [0.1, 0.15) is 18.2 Å². The maximum atomic E-state index is 6.03. The van der Waals surface area contributed by atoms with E-state index in [2.05, 4.69) is 0 Å². The largest absolute Gasteiger partial charge is 0.485 e. The van der Waals surface area contributed by atoms with Gasteiger partial charge in [0.05, 0.1) is 5.69 Å². The van der Waals surface area contributed by atoms with Crippen molar-refractivity contribution < 1.29 is 18.9 Å². The van der Waals surface area contributed by atoms with Gasteiger partial charge in [-0.2, -0.15) is 0 Å². The molecular formula is C19H16ClNO4S. The van der Waals surface area contributed by atoms with Crippen LogP contribution < -0.4 is 18.9 Å². The molecule has 2 aromatic carbocycles. The Bertz CT molecular complexity index is 844. The smallest absolute Gasteiger partial charge is 0.184 e. The SMILES string of the molecule is Cl.c1ccc2c(c1)OCC(c1csc(C3COc4ccccc4O3)n1)O2. The van der Waals surface area contributed by atoms with Gasteiger partial charge in [-0.3, -0.25) is 0 Å². The summed E-state index contributed by atoms with van der Waals surface area (Å²) < 4.78 is 23.6. The normalized spacial score (nSPS) is 20.2. The first-order valence-corrected chi connectivity index (χ1v) is 8.97. The fourth-order valence-corrected chi connectivity index (χ4v) is 3.77. The number of aromatic nitrogens is 1. The van der Waals surface area contributed by atoms with Gasteiger partial charge in [-0.05, 0) is 24.3 Å². The first-order valence-electron chi connectivity index (χ1n) is 8.09. The molecule has 0 radical (unpaired) electrons. The Balaban J connectivity index is 0.00000168. The maximum absolute atomic E-state index is 6.03. The Morgan fingerprint density at radius 3 is 1.96 bits per heavy atom. The van der Waals surface area contributed by atoms with Crippen molar-refractivity contribution in [1.82, 2.24) is 4.98 Å². The highest BCUT2D eigenvalue weighted by molar-refractivity contribution is 7.09. The zero-order valence-corrected chi connectivity index (χ0v) is 15.3. The third kappa shape index (κ3) is 3.06. The van der Waals surface area contributed by atoms with Gasteiger partial charge in [-0.25, -0.2) is 4.98 Å². The fraction of sp³-hybridized carbons (Fsp3) is 0.211. The predicted octanol–water partition coefficient (Wildman–Crippen LogP) is 4.59. The summed E-state index contributed by atoms with van der Waals surface area (Å²) in [6, 6.07) is 15.4. The van der Waals surface area contributed by atoms with Gasteiger partial charge >= 0.3 is 0 Å². The van der Waals surface area contributed by atoms with Gasteiger partial charge in [-0.1, -0.05) is 24.3 Å². The number of nitrogens with zero attached hydrogens (tertiary/aromatic N) is 1. The predicted molar refractivity (Wildman–Crippen MR) is 100.0 cm³/mol. The number of ether oxygens (including phenoxy) is 4. The molecule has 7 heteroatoms. The van der Waals surface area contributed by atoms with Crippen molar-refractivity contribution in [2.45, 2.75) is 12.2 Å². The summed E-state index contributed by atoms with van der Waals surface area (Å²) in [5.74, 6) is 3.05. The van der Waals surface area contributed by atoms with Crippen molar-refractivity contribution in [2.75, 3.05) is 13.2 Å². The van der Waals surface area contributed by atoms with Crippen LogP contribution in [0.2, 0.25) is 0 Å². The molecular weight excluding hydrogens is 374 g/mol. The Labute approximate surface area is 160 Å². The van der Waals surface area contributed by atoms with Crippen LogP contribution >= 0.6 is 23.7 Å². The van der Waals surface area contributed by atoms with Crippen molar-refractivity contribution in [3.05, 3.63) is 64.6 Å². The Kier molecular flexibility index (Phi) is 4.61. The van der Waals surface area contributed by atoms with E-state index in [-0.39, 0.29) is 24.6 Å². The standard InChI is InChI=1S/C19H15NO4S.ClH/c1-3-7-15-13(5-1)21-9-17(23-15)12-11-25-19(20-12)18-10-22-14-6-2-4-8-16(14)24-18;/h1-8,11,17-18H,9-10H2;1H. The Morgan fingerprint density at radius 2 is 1.31 bits per heavy atom. The van der Waals surface area contributed by atoms with E-state index in [0.29, 0.717) is 13.2 Å². The van der Waals surface area contributed by atoms with Crippen LogP contribution in [0.25, 0.3) is 0 Å². The molecule has 0 aliphatic carbocycles. The number of halogens is 1. The van der Waals surface area contributed by atoms with Crippen molar-refractivity contribution in [3.63, 3.8) is 0 Å². The minimum Gasteiger partial charge on any atom is -0.485 e. The summed E-state index contributed by atoms with van der Waals surface area (Å²) in [5, 5.41) is 2.88. The zero-order valence-electron chi connectivity index (χ0n) is 13.7. The number of thiazole rings is 1. The molecule has 0 amide bonds. The molecule has 3 heterocycles. The van der Waals surface area contributed by atoms with Crippen LogP contribution in [-0.2, 0) is 0 Å². The molecule has 5 nitrogen and oxygen atoms in total. The van der Waals surface area contributed by atoms with Crippen molar-refractivity contribution in [2.24, 2.45) is 0 Å². The second kappa shape index (κ2) is 7.05. The lowest BCUT2D eigenvalue weighted by molar-refractivity contribution is 0.0835. The van der Waals surface area contributed by atoms with Crippen molar-refractivity contribution in [1.29, 1.82) is 0 Å². The molecule has 26 heavy (non-hydrogen) atoms. The molecule has 0 bridgehead atoms. The summed E-state index contributed by atoms with van der Waals surface area (Å²) in [4.78, 5) is 4.71. The Morgan fingerprint density at radius 1 is 0.769 bits per heavy atom. The second-order valence-electron chi connectivity index (χ2n) is 5.84. The molecule has 1 aromatic heterocycles. The molecule has 0 saturated heterocycles. The van der Waals surface area contributed by atoms with Gasteiger partial charge in [0.25, 0.3) is 0 Å². The van der Waals surface area contributed by atoms with Gasteiger partial charge in [0.2, 0.25) is 0 Å². The quantitative estimate of drug-likeness (QED) is 0.641. The molecule has 2 atom stereocenters. The molecule has 2 unspecified atom stereocenters. The van der Waals surface area contributed by atoms with E-state index >= 15 is 0 Å². The summed E-state index contributed by atoms with van der Waals surface area (Å²) >= 11 is 1.55. The molecule has 2 aliphatic rings. The van der Waals surface area contributed by atoms with Crippen LogP contribution in [0.15, 0.2) is 53.9 Å². The van der Waals surface area contributed by atoms with Crippen LogP contribution in [0.4, 0.5) is 0 Å². The summed E-state index contributed by atoms with van der Waals surface area (Å²) in [5.41, 5.74) is 0.858. The van der Waals surface area contributed by atoms with E-state index in [1.165, 1.54) is 0 Å². The zero-order chi connectivity index (χ0) is 16.6. The summed E-state index contributed by atoms with van der Waals surface area (Å²) in [6.45, 7) is 0.903. The molecule has 0 fully saturated rings. The average molecular weight is 390 g/mol. The maximum Gasteiger partial charge on any atom is 0.184 e. The van der Waals surface area contributed by atoms with Gasteiger partial charge < -0.3 is 18.9 Å². The van der Waals surface area contributed by atoms with Crippen LogP contribution in [0.5, 0.6) is 23.0 Å². The van der Waals surface area contributed by atoms with Crippen molar-refractivity contribution in [3.8, 4) is 23.0 Å². The third-order valence-electron chi connectivity index (χ3n) is 4.16. The number of para-hydroxylation sites is 4. The highest BCUT2D eigenvalue weighted by Crippen LogP contribution is 2.39. The molecule has 0 spiro atoms. The first kappa shape index (κ1) is 17.0. The topological polar surface area (TPSA) is 49.8 Å². The molecule has 0 N–H and O–H groups in total. The Hall–Kier alpha value is -2.44. The van der Waals surface area contributed by atoms with E-state index in [4.69, 9.17) is 23.9 Å². The molecule has 5 rings (SSSR count). The van der Waals surface area contributed by atoms with E-state index in [9.17, 15) is 0 Å². The van der Waals surface area contributed by atoms with Crippen LogP contribution in [-0.4, -0.2) is 18.2 Å².